The van der Waals surface area contributed by atoms with Crippen LogP contribution in [0.5, 0.6) is 0 Å². The maximum absolute atomic E-state index is 5.28. The lowest BCUT2D eigenvalue weighted by Crippen LogP contribution is -1.97. The third-order valence-corrected chi connectivity index (χ3v) is 10.5. The Morgan fingerprint density at radius 3 is 1.78 bits per heavy atom. The van der Waals surface area contributed by atoms with Gasteiger partial charge in [-0.1, -0.05) is 140 Å². The van der Waals surface area contributed by atoms with E-state index < -0.39 is 0 Å². The van der Waals surface area contributed by atoms with Gasteiger partial charge in [0.1, 0.15) is 0 Å². The molecule has 5 heteroatoms. The first-order chi connectivity index (χ1) is 24.3. The summed E-state index contributed by atoms with van der Waals surface area (Å²) in [7, 11) is 0. The minimum absolute atomic E-state index is 0.683. The maximum atomic E-state index is 5.28. The number of thiophene rings is 1. The summed E-state index contributed by atoms with van der Waals surface area (Å²) in [6, 6.07) is 54.9. The van der Waals surface area contributed by atoms with Gasteiger partial charge in [0.2, 0.25) is 0 Å². The molecule has 0 aliphatic heterocycles. The first-order valence-electron chi connectivity index (χ1n) is 16.3. The largest absolute Gasteiger partial charge is 0.228 e. The molecular formula is C44H26N4S. The molecule has 10 aromatic rings. The Bertz CT molecular complexity index is 2880. The highest BCUT2D eigenvalue weighted by Gasteiger charge is 2.18. The Balaban J connectivity index is 1.13. The van der Waals surface area contributed by atoms with Crippen molar-refractivity contribution in [3.63, 3.8) is 0 Å². The Morgan fingerprint density at radius 2 is 0.980 bits per heavy atom. The molecule has 228 valence electrons. The van der Waals surface area contributed by atoms with Crippen molar-refractivity contribution >= 4 is 64.1 Å². The van der Waals surface area contributed by atoms with E-state index in [9.17, 15) is 0 Å². The first-order valence-corrected chi connectivity index (χ1v) is 17.1. The van der Waals surface area contributed by atoms with Crippen molar-refractivity contribution in [2.45, 2.75) is 0 Å². The molecule has 0 bridgehead atoms. The number of aromatic nitrogens is 4. The van der Waals surface area contributed by atoms with Crippen LogP contribution in [-0.2, 0) is 0 Å². The van der Waals surface area contributed by atoms with Gasteiger partial charge >= 0.3 is 0 Å². The van der Waals surface area contributed by atoms with Crippen LogP contribution in [0.15, 0.2) is 158 Å². The lowest BCUT2D eigenvalue weighted by molar-refractivity contribution is 1.22. The SMILES string of the molecule is c1ccc(-c2nc(-c3ccc(-c4nc(-c5cc6ccccc6c6ccccc56)c5ccccc5n4)cc3)nc3c2sc2ccccc23)cc1. The van der Waals surface area contributed by atoms with Crippen LogP contribution in [0.2, 0.25) is 0 Å². The van der Waals surface area contributed by atoms with Crippen molar-refractivity contribution in [3.05, 3.63) is 158 Å². The number of benzene rings is 7. The molecule has 0 fully saturated rings. The molecule has 0 spiro atoms. The average molecular weight is 643 g/mol. The van der Waals surface area contributed by atoms with E-state index in [1.165, 1.54) is 26.2 Å². The molecule has 0 saturated heterocycles. The number of rotatable bonds is 4. The number of para-hydroxylation sites is 1. The van der Waals surface area contributed by atoms with Gasteiger partial charge in [-0.2, -0.15) is 0 Å². The summed E-state index contributed by atoms with van der Waals surface area (Å²) < 4.78 is 2.31. The van der Waals surface area contributed by atoms with Crippen molar-refractivity contribution in [2.75, 3.05) is 0 Å². The fourth-order valence-electron chi connectivity index (χ4n) is 6.94. The molecule has 0 N–H and O–H groups in total. The molecule has 3 aromatic heterocycles. The predicted octanol–water partition coefficient (Wildman–Crippen LogP) is 11.8. The number of hydrogen-bond donors (Lipinski definition) is 0. The number of fused-ring (bicyclic) bond motifs is 7. The monoisotopic (exact) mass is 642 g/mol. The Hall–Kier alpha value is -6.30. The molecule has 0 unspecified atom stereocenters. The van der Waals surface area contributed by atoms with Crippen molar-refractivity contribution in [1.29, 1.82) is 0 Å². The molecular weight excluding hydrogens is 617 g/mol. The van der Waals surface area contributed by atoms with Crippen LogP contribution >= 0.6 is 11.3 Å². The third-order valence-electron chi connectivity index (χ3n) is 9.29. The maximum Gasteiger partial charge on any atom is 0.160 e. The molecule has 4 nitrogen and oxygen atoms in total. The Labute approximate surface area is 286 Å². The summed E-state index contributed by atoms with van der Waals surface area (Å²) in [5, 5.41) is 7.00. The van der Waals surface area contributed by atoms with Gasteiger partial charge in [-0.05, 0) is 39.7 Å². The van der Waals surface area contributed by atoms with E-state index >= 15 is 0 Å². The summed E-state index contributed by atoms with van der Waals surface area (Å²) in [6.45, 7) is 0. The van der Waals surface area contributed by atoms with Crippen molar-refractivity contribution in [2.24, 2.45) is 0 Å². The molecule has 7 aromatic carbocycles. The van der Waals surface area contributed by atoms with E-state index in [2.05, 4.69) is 146 Å². The second kappa shape index (κ2) is 11.2. The van der Waals surface area contributed by atoms with E-state index in [-0.39, 0.29) is 0 Å². The lowest BCUT2D eigenvalue weighted by atomic mass is 9.94. The summed E-state index contributed by atoms with van der Waals surface area (Å²) in [4.78, 5) is 20.6. The van der Waals surface area contributed by atoms with Crippen LogP contribution in [0, 0.1) is 0 Å². The van der Waals surface area contributed by atoms with Gasteiger partial charge in [0.25, 0.3) is 0 Å². The molecule has 0 aliphatic carbocycles. The average Bonchev–Trinajstić information content (AvgIpc) is 3.56. The first kappa shape index (κ1) is 27.8. The van der Waals surface area contributed by atoms with Crippen molar-refractivity contribution in [3.8, 4) is 45.3 Å². The van der Waals surface area contributed by atoms with Crippen LogP contribution < -0.4 is 0 Å². The standard InChI is InChI=1S/C44H26N4S/c1-2-12-27(13-3-1)39-42-41(35-19-9-11-21-38(35)49-42)48-44(46-39)29-24-22-28(23-25-29)43-45-37-20-10-8-18-34(37)40(47-43)36-26-30-14-4-5-15-31(30)32-16-6-7-17-33(32)36/h1-26H. The van der Waals surface area contributed by atoms with Gasteiger partial charge in [0.15, 0.2) is 11.6 Å². The zero-order valence-electron chi connectivity index (χ0n) is 26.2. The van der Waals surface area contributed by atoms with Gasteiger partial charge < -0.3 is 0 Å². The second-order valence-corrected chi connectivity index (χ2v) is 13.3. The van der Waals surface area contributed by atoms with Crippen LogP contribution in [0.1, 0.15) is 0 Å². The van der Waals surface area contributed by atoms with Gasteiger partial charge in [-0.25, -0.2) is 19.9 Å². The molecule has 10 rings (SSSR count). The Kier molecular flexibility index (Phi) is 6.32. The van der Waals surface area contributed by atoms with Gasteiger partial charge in [-0.3, -0.25) is 0 Å². The summed E-state index contributed by atoms with van der Waals surface area (Å²) in [6.07, 6.45) is 0. The normalized spacial score (nSPS) is 11.7. The van der Waals surface area contributed by atoms with Crippen LogP contribution in [0.25, 0.3) is 98.0 Å². The van der Waals surface area contributed by atoms with Crippen molar-refractivity contribution in [1.82, 2.24) is 19.9 Å². The number of hydrogen-bond acceptors (Lipinski definition) is 5. The minimum atomic E-state index is 0.683. The second-order valence-electron chi connectivity index (χ2n) is 12.2. The van der Waals surface area contributed by atoms with E-state index in [0.717, 1.165) is 60.1 Å². The topological polar surface area (TPSA) is 51.6 Å². The molecule has 0 atom stereocenters. The molecule has 0 radical (unpaired) electrons. The summed E-state index contributed by atoms with van der Waals surface area (Å²) >= 11 is 1.75. The molecule has 49 heavy (non-hydrogen) atoms. The predicted molar refractivity (Wildman–Crippen MR) is 205 cm³/mol. The third kappa shape index (κ3) is 4.59. The summed E-state index contributed by atoms with van der Waals surface area (Å²) in [5.74, 6) is 1.38. The highest BCUT2D eigenvalue weighted by atomic mass is 32.1. The van der Waals surface area contributed by atoms with Gasteiger partial charge in [-0.15, -0.1) is 11.3 Å². The fraction of sp³-hybridized carbons (Fsp3) is 0. The molecule has 0 saturated carbocycles. The molecule has 3 heterocycles. The lowest BCUT2D eigenvalue weighted by Gasteiger charge is -2.14. The fourth-order valence-corrected chi connectivity index (χ4v) is 8.09. The van der Waals surface area contributed by atoms with E-state index in [0.29, 0.717) is 11.6 Å². The molecule has 0 amide bonds. The quantitative estimate of drug-likeness (QED) is 0.179. The number of nitrogens with zero attached hydrogens (tertiary/aromatic N) is 4. The zero-order chi connectivity index (χ0) is 32.3. The van der Waals surface area contributed by atoms with Gasteiger partial charge in [0, 0.05) is 37.7 Å². The summed E-state index contributed by atoms with van der Waals surface area (Å²) in [5.41, 5.74) is 7.84. The van der Waals surface area contributed by atoms with E-state index in [4.69, 9.17) is 19.9 Å². The minimum Gasteiger partial charge on any atom is -0.228 e. The van der Waals surface area contributed by atoms with E-state index in [1.807, 2.05) is 12.1 Å². The van der Waals surface area contributed by atoms with Crippen LogP contribution in [0.3, 0.4) is 0 Å². The highest BCUT2D eigenvalue weighted by molar-refractivity contribution is 7.26. The van der Waals surface area contributed by atoms with Crippen molar-refractivity contribution < 1.29 is 0 Å². The Morgan fingerprint density at radius 1 is 0.388 bits per heavy atom. The molecule has 0 aliphatic rings. The van der Waals surface area contributed by atoms with Crippen LogP contribution in [-0.4, -0.2) is 19.9 Å². The zero-order valence-corrected chi connectivity index (χ0v) is 27.0. The van der Waals surface area contributed by atoms with Gasteiger partial charge in [0.05, 0.1) is 27.1 Å². The smallest absolute Gasteiger partial charge is 0.160 e. The highest BCUT2D eigenvalue weighted by Crippen LogP contribution is 2.40. The van der Waals surface area contributed by atoms with E-state index in [1.54, 1.807) is 11.3 Å². The van der Waals surface area contributed by atoms with Crippen LogP contribution in [0.4, 0.5) is 0 Å².